The molecule has 0 radical (unpaired) electrons. The van der Waals surface area contributed by atoms with Crippen molar-refractivity contribution in [2.45, 2.75) is 63.7 Å². The van der Waals surface area contributed by atoms with Crippen LogP contribution in [0.4, 0.5) is 0 Å². The minimum Gasteiger partial charge on any atom is -0.389 e. The van der Waals surface area contributed by atoms with E-state index < -0.39 is 0 Å². The van der Waals surface area contributed by atoms with Crippen molar-refractivity contribution in [3.05, 3.63) is 0 Å². The average Bonchev–Trinajstić information content (AvgIpc) is 3.01. The molecule has 3 nitrogen and oxygen atoms in total. The van der Waals surface area contributed by atoms with E-state index in [-0.39, 0.29) is 6.10 Å². The summed E-state index contributed by atoms with van der Waals surface area (Å²) in [6, 6.07) is 0.643. The maximum Gasteiger partial charge on any atom is 0.0897 e. The maximum absolute atomic E-state index is 9.76. The van der Waals surface area contributed by atoms with E-state index in [1.54, 1.807) is 0 Å². The van der Waals surface area contributed by atoms with Crippen molar-refractivity contribution >= 4 is 0 Å². The van der Waals surface area contributed by atoms with Gasteiger partial charge in [0.1, 0.15) is 0 Å². The van der Waals surface area contributed by atoms with Gasteiger partial charge in [0.25, 0.3) is 0 Å². The Morgan fingerprint density at radius 1 is 1.31 bits per heavy atom. The Kier molecular flexibility index (Phi) is 4.62. The van der Waals surface area contributed by atoms with Gasteiger partial charge in [0.15, 0.2) is 0 Å². The lowest BCUT2D eigenvalue weighted by molar-refractivity contribution is -0.0231. The van der Waals surface area contributed by atoms with Crippen LogP contribution in [-0.4, -0.2) is 36.5 Å². The van der Waals surface area contributed by atoms with E-state index >= 15 is 0 Å². The molecule has 94 valence electrons. The average molecular weight is 227 g/mol. The van der Waals surface area contributed by atoms with Gasteiger partial charge >= 0.3 is 0 Å². The van der Waals surface area contributed by atoms with E-state index in [2.05, 4.69) is 12.2 Å². The lowest BCUT2D eigenvalue weighted by Crippen LogP contribution is -2.34. The smallest absolute Gasteiger partial charge is 0.0897 e. The zero-order valence-electron chi connectivity index (χ0n) is 10.3. The molecule has 0 bridgehead atoms. The highest BCUT2D eigenvalue weighted by Gasteiger charge is 2.32. The third kappa shape index (κ3) is 4.04. The van der Waals surface area contributed by atoms with Gasteiger partial charge in [-0.15, -0.1) is 0 Å². The van der Waals surface area contributed by atoms with E-state index in [9.17, 15) is 5.11 Å². The van der Waals surface area contributed by atoms with Gasteiger partial charge in [0.2, 0.25) is 0 Å². The molecule has 0 aromatic heterocycles. The standard InChI is InChI=1S/C13H25NO2/c1-10-7-13(10)14-8-11(15)9-16-12-5-3-2-4-6-12/h10-15H,2-9H2,1H3. The first-order valence-corrected chi connectivity index (χ1v) is 6.78. The summed E-state index contributed by atoms with van der Waals surface area (Å²) in [6.45, 7) is 3.42. The zero-order valence-corrected chi connectivity index (χ0v) is 10.3. The summed E-state index contributed by atoms with van der Waals surface area (Å²) < 4.78 is 5.73. The van der Waals surface area contributed by atoms with Crippen molar-refractivity contribution < 1.29 is 9.84 Å². The molecule has 2 aliphatic rings. The van der Waals surface area contributed by atoms with Crippen LogP contribution in [0.15, 0.2) is 0 Å². The number of aliphatic hydroxyl groups is 1. The largest absolute Gasteiger partial charge is 0.389 e. The van der Waals surface area contributed by atoms with E-state index in [4.69, 9.17) is 4.74 Å². The highest BCUT2D eigenvalue weighted by Crippen LogP contribution is 2.28. The van der Waals surface area contributed by atoms with Crippen molar-refractivity contribution in [3.63, 3.8) is 0 Å². The molecule has 2 saturated carbocycles. The second-order valence-electron chi connectivity index (χ2n) is 5.47. The van der Waals surface area contributed by atoms with E-state index in [0.29, 0.717) is 25.3 Å². The van der Waals surface area contributed by atoms with Crippen LogP contribution in [0.25, 0.3) is 0 Å². The van der Waals surface area contributed by atoms with Gasteiger partial charge in [-0.25, -0.2) is 0 Å². The molecule has 2 aliphatic carbocycles. The summed E-state index contributed by atoms with van der Waals surface area (Å²) in [7, 11) is 0. The van der Waals surface area contributed by atoms with Gasteiger partial charge < -0.3 is 15.2 Å². The van der Waals surface area contributed by atoms with Gasteiger partial charge in [-0.1, -0.05) is 26.2 Å². The predicted molar refractivity (Wildman–Crippen MR) is 64.4 cm³/mol. The van der Waals surface area contributed by atoms with Crippen LogP contribution in [0.2, 0.25) is 0 Å². The third-order valence-electron chi connectivity index (χ3n) is 3.80. The monoisotopic (exact) mass is 227 g/mol. The van der Waals surface area contributed by atoms with Crippen LogP contribution in [0, 0.1) is 5.92 Å². The molecule has 3 atom stereocenters. The minimum atomic E-state index is -0.338. The van der Waals surface area contributed by atoms with E-state index in [0.717, 1.165) is 5.92 Å². The SMILES string of the molecule is CC1CC1NCC(O)COC1CCCCC1. The normalized spacial score (nSPS) is 32.6. The van der Waals surface area contributed by atoms with E-state index in [1.165, 1.54) is 38.5 Å². The van der Waals surface area contributed by atoms with Crippen LogP contribution in [-0.2, 0) is 4.74 Å². The summed E-state index contributed by atoms with van der Waals surface area (Å²) in [5, 5.41) is 13.1. The lowest BCUT2D eigenvalue weighted by atomic mass is 9.98. The van der Waals surface area contributed by atoms with Gasteiger partial charge in [-0.05, 0) is 25.2 Å². The summed E-state index contributed by atoms with van der Waals surface area (Å²) in [5.41, 5.74) is 0. The Morgan fingerprint density at radius 3 is 2.62 bits per heavy atom. The Labute approximate surface area is 98.6 Å². The van der Waals surface area contributed by atoms with Crippen LogP contribution >= 0.6 is 0 Å². The van der Waals surface area contributed by atoms with Crippen molar-refractivity contribution in [2.75, 3.05) is 13.2 Å². The molecule has 2 rings (SSSR count). The Hall–Kier alpha value is -0.120. The van der Waals surface area contributed by atoms with Crippen LogP contribution in [0.3, 0.4) is 0 Å². The molecule has 3 unspecified atom stereocenters. The Bertz CT molecular complexity index is 204. The molecule has 2 fully saturated rings. The summed E-state index contributed by atoms with van der Waals surface area (Å²) in [6.07, 6.45) is 7.62. The van der Waals surface area contributed by atoms with Crippen LogP contribution < -0.4 is 5.32 Å². The predicted octanol–water partition coefficient (Wildman–Crippen LogP) is 1.69. The first-order valence-electron chi connectivity index (χ1n) is 6.78. The fourth-order valence-electron chi connectivity index (χ4n) is 2.43. The highest BCUT2D eigenvalue weighted by molar-refractivity contribution is 4.89. The zero-order chi connectivity index (χ0) is 11.4. The van der Waals surface area contributed by atoms with Gasteiger partial charge in [-0.3, -0.25) is 0 Å². The van der Waals surface area contributed by atoms with Crippen molar-refractivity contribution in [1.82, 2.24) is 5.32 Å². The van der Waals surface area contributed by atoms with Gasteiger partial charge in [0.05, 0.1) is 18.8 Å². The highest BCUT2D eigenvalue weighted by atomic mass is 16.5. The first kappa shape index (κ1) is 12.3. The second kappa shape index (κ2) is 5.99. The van der Waals surface area contributed by atoms with Crippen LogP contribution in [0.1, 0.15) is 45.4 Å². The number of ether oxygens (including phenoxy) is 1. The molecule has 0 aliphatic heterocycles. The number of hydrogen-bond acceptors (Lipinski definition) is 3. The molecular weight excluding hydrogens is 202 g/mol. The molecule has 0 spiro atoms. The Balaban J connectivity index is 1.51. The molecule has 3 heteroatoms. The summed E-state index contributed by atoms with van der Waals surface area (Å²) in [4.78, 5) is 0. The molecule has 0 amide bonds. The Morgan fingerprint density at radius 2 is 2.00 bits per heavy atom. The maximum atomic E-state index is 9.76. The molecule has 16 heavy (non-hydrogen) atoms. The fraction of sp³-hybridized carbons (Fsp3) is 1.00. The molecule has 2 N–H and O–H groups in total. The molecule has 0 heterocycles. The first-order chi connectivity index (χ1) is 7.75. The number of nitrogens with one attached hydrogen (secondary N) is 1. The fourth-order valence-corrected chi connectivity index (χ4v) is 2.43. The molecule has 0 saturated heterocycles. The van der Waals surface area contributed by atoms with Crippen molar-refractivity contribution in [3.8, 4) is 0 Å². The number of aliphatic hydroxyl groups excluding tert-OH is 1. The van der Waals surface area contributed by atoms with Gasteiger partial charge in [-0.2, -0.15) is 0 Å². The quantitative estimate of drug-likeness (QED) is 0.725. The number of hydrogen-bond donors (Lipinski definition) is 2. The summed E-state index contributed by atoms with van der Waals surface area (Å²) >= 11 is 0. The minimum absolute atomic E-state index is 0.338. The lowest BCUT2D eigenvalue weighted by Gasteiger charge is -2.23. The topological polar surface area (TPSA) is 41.5 Å². The van der Waals surface area contributed by atoms with Gasteiger partial charge in [0, 0.05) is 12.6 Å². The second-order valence-corrected chi connectivity index (χ2v) is 5.47. The molecule has 0 aromatic rings. The van der Waals surface area contributed by atoms with Crippen molar-refractivity contribution in [2.24, 2.45) is 5.92 Å². The molecule has 0 aromatic carbocycles. The molecular formula is C13H25NO2. The van der Waals surface area contributed by atoms with Crippen LogP contribution in [0.5, 0.6) is 0 Å². The number of rotatable bonds is 6. The van der Waals surface area contributed by atoms with Crippen molar-refractivity contribution in [1.29, 1.82) is 0 Å². The summed E-state index contributed by atoms with van der Waals surface area (Å²) in [5.74, 6) is 0.798. The van der Waals surface area contributed by atoms with E-state index in [1.807, 2.05) is 0 Å². The third-order valence-corrected chi connectivity index (χ3v) is 3.80.